The van der Waals surface area contributed by atoms with Crippen LogP contribution >= 0.6 is 7.26 Å². The van der Waals surface area contributed by atoms with Crippen molar-refractivity contribution in [1.82, 2.24) is 48.9 Å². The number of esters is 4. The number of carbonyl (C=O) groups is 6. The summed E-state index contributed by atoms with van der Waals surface area (Å²) in [4.78, 5) is 68.9. The average molecular weight is 1900 g/mol. The van der Waals surface area contributed by atoms with Gasteiger partial charge in [-0.2, -0.15) is 25.5 Å². The van der Waals surface area contributed by atoms with Gasteiger partial charge in [0.15, 0.2) is 0 Å². The van der Waals surface area contributed by atoms with Gasteiger partial charge in [0.25, 0.3) is 0 Å². The van der Waals surface area contributed by atoms with Crippen molar-refractivity contribution in [3.8, 4) is 29.4 Å². The summed E-state index contributed by atoms with van der Waals surface area (Å²) >= 11 is 0. The number of benzene rings is 3. The fourth-order valence-corrected chi connectivity index (χ4v) is 19.0. The molecule has 3 aromatic carbocycles. The second-order valence-corrected chi connectivity index (χ2v) is 41.2. The van der Waals surface area contributed by atoms with Crippen molar-refractivity contribution in [2.45, 2.75) is 235 Å². The van der Waals surface area contributed by atoms with E-state index >= 15 is 0 Å². The van der Waals surface area contributed by atoms with Gasteiger partial charge in [-0.15, -0.1) is 0 Å². The number of aldehydes is 1. The third-order valence-corrected chi connectivity index (χ3v) is 25.0. The zero-order valence-corrected chi connectivity index (χ0v) is 84.3. The maximum Gasteiger partial charge on any atom is 0.345 e. The van der Waals surface area contributed by atoms with E-state index in [-0.39, 0.29) is 82.6 Å². The van der Waals surface area contributed by atoms with Crippen LogP contribution in [0.5, 0.6) is 29.4 Å². The van der Waals surface area contributed by atoms with Crippen molar-refractivity contribution >= 4 is 71.7 Å². The summed E-state index contributed by atoms with van der Waals surface area (Å²) in [6.45, 7) is 53.0. The third kappa shape index (κ3) is 36.3. The Morgan fingerprint density at radius 2 is 0.779 bits per heavy atom. The van der Waals surface area contributed by atoms with Crippen LogP contribution in [0, 0.1) is 58.2 Å². The summed E-state index contributed by atoms with van der Waals surface area (Å²) in [5.74, 6) is 2.81. The Hall–Kier alpha value is -10.3. The number of aromatic carboxylic acids is 1. The quantitative estimate of drug-likeness (QED) is 0.00931. The molecule has 5 aromatic heterocycles. The van der Waals surface area contributed by atoms with E-state index in [1.54, 1.807) is 43.3 Å². The van der Waals surface area contributed by atoms with E-state index in [1.807, 2.05) is 79.8 Å². The van der Waals surface area contributed by atoms with Gasteiger partial charge in [0, 0.05) is 18.4 Å². The fourth-order valence-electron chi connectivity index (χ4n) is 14.3. The van der Waals surface area contributed by atoms with E-state index in [2.05, 4.69) is 200 Å². The van der Waals surface area contributed by atoms with Crippen molar-refractivity contribution < 1.29 is 104 Å². The number of carboxylic acid groups (broad SMARTS) is 1. The molecule has 12 rings (SSSR count). The molecule has 0 saturated heterocycles. The maximum atomic E-state index is 11.9. The molecular weight excluding hydrogens is 1750 g/mol. The lowest BCUT2D eigenvalue weighted by molar-refractivity contribution is -0.132. The number of hydrogen-bond acceptors (Lipinski definition) is 23. The second-order valence-electron chi connectivity index (χ2n) is 37.1. The van der Waals surface area contributed by atoms with Gasteiger partial charge in [-0.3, -0.25) is 0 Å². The summed E-state index contributed by atoms with van der Waals surface area (Å²) in [7, 11) is -1.63. The van der Waals surface area contributed by atoms with E-state index in [1.165, 1.54) is 79.4 Å². The van der Waals surface area contributed by atoms with Crippen LogP contribution in [-0.4, -0.2) is 184 Å². The standard InChI is InChI=1S/C21H22P.C16H26N2O3.C15H24N2O3.C14H22N2O3.C12H20N2O4.C12H18N2O4.C10H17NO.BrH/c1-18(2)22(19-12-6-3-7-13-19,20-14-8-4-9-15-20)21-16-10-5-11-17-21;1-7-20-15(19)13-10-17-18(9-8-16(4,5)6)14(13)21-11-12(2)3;1-6-19-15(18)13-9-16-17(8-7-11(2)3)14(13)20-10-12(4)5;1-10(2)9-19-12-11(13(17)18)8-15-16(12)7-6-14(3,4)5;2*1-4-17-12(16)10-7-13-14(5-6-15)11(10)18-8-9(2)3;11-9-7-1-6-2-8(9)5-10(12,3-6)4-7;/h3-18H,1-2H3;8-10,12H,7,11H2,1-6H3;7,9,12H,6,8,10H2,1-5H3;6-8,10H,9H2,1-5H3,(H,17,18);7,9,15H,4-6,8H2,1-3H3;6-7,9H,4-5,8H2,1-3H3;6-9,12H,1-5,11H2;1H/q+1;;;;;;;/p-1/b;9-8+;;7-6+;;;;. The molecule has 2 atom stereocenters. The van der Waals surface area contributed by atoms with Crippen molar-refractivity contribution in [2.24, 2.45) is 63.9 Å². The van der Waals surface area contributed by atoms with Gasteiger partial charge >= 0.3 is 29.8 Å². The summed E-state index contributed by atoms with van der Waals surface area (Å²) < 4.78 is 55.6. The molecular formula is C100H149BrN11O18P. The van der Waals surface area contributed by atoms with Crippen LogP contribution in [0.2, 0.25) is 0 Å². The van der Waals surface area contributed by atoms with Gasteiger partial charge in [0.05, 0.1) is 121 Å². The molecule has 29 nitrogen and oxygen atoms in total. The second kappa shape index (κ2) is 55.9. The Morgan fingerprint density at radius 3 is 1.08 bits per heavy atom. The highest BCUT2D eigenvalue weighted by Gasteiger charge is 2.54. The number of aromatic nitrogens is 10. The molecule has 5 N–H and O–H groups in total. The minimum atomic E-state index is -1.63. The molecule has 0 radical (unpaired) electrons. The highest BCUT2D eigenvalue weighted by Crippen LogP contribution is 2.59. The lowest BCUT2D eigenvalue weighted by Crippen LogP contribution is -3.00. The van der Waals surface area contributed by atoms with Crippen molar-refractivity contribution in [3.05, 3.63) is 174 Å². The van der Waals surface area contributed by atoms with Gasteiger partial charge in [0.2, 0.25) is 29.4 Å². The topological polar surface area (TPSA) is 361 Å². The van der Waals surface area contributed by atoms with Crippen LogP contribution in [0.3, 0.4) is 0 Å². The van der Waals surface area contributed by atoms with Crippen LogP contribution in [-0.2, 0) is 43.4 Å². The predicted octanol–water partition coefficient (Wildman–Crippen LogP) is 14.5. The van der Waals surface area contributed by atoms with Gasteiger partial charge in [-0.25, -0.2) is 47.4 Å². The van der Waals surface area contributed by atoms with Crippen molar-refractivity contribution in [2.75, 3.05) is 66.1 Å². The molecule has 8 aromatic rings. The monoisotopic (exact) mass is 1900 g/mol. The Kier molecular flexibility index (Phi) is 48.3. The van der Waals surface area contributed by atoms with E-state index in [9.17, 15) is 33.9 Å². The third-order valence-electron chi connectivity index (χ3n) is 20.1. The number of nitrogens with two attached hydrogens (primary N) is 1. The molecule has 0 aliphatic heterocycles. The number of halogens is 1. The zero-order chi connectivity index (χ0) is 96.6. The first-order valence-electron chi connectivity index (χ1n) is 45.5. The largest absolute Gasteiger partial charge is 1.00 e. The van der Waals surface area contributed by atoms with Crippen LogP contribution < -0.4 is 62.3 Å². The Labute approximate surface area is 788 Å². The average Bonchev–Trinajstić information content (AvgIpc) is 1.28. The van der Waals surface area contributed by atoms with Crippen LogP contribution in [0.1, 0.15) is 250 Å². The van der Waals surface area contributed by atoms with E-state index in [0.717, 1.165) is 25.2 Å². The highest BCUT2D eigenvalue weighted by molar-refractivity contribution is 7.96. The van der Waals surface area contributed by atoms with Crippen LogP contribution in [0.15, 0.2) is 146 Å². The number of rotatable bonds is 36. The molecule has 4 bridgehead atoms. The molecule has 131 heavy (non-hydrogen) atoms. The number of allylic oxidation sites excluding steroid dienone is 4. The highest BCUT2D eigenvalue weighted by atomic mass is 79.9. The first kappa shape index (κ1) is 113. The van der Waals surface area contributed by atoms with Crippen LogP contribution in [0.25, 0.3) is 12.4 Å². The first-order valence-corrected chi connectivity index (χ1v) is 47.4. The number of nitrogens with zero attached hydrogens (tertiary/aromatic N) is 10. The number of carbonyl (C=O) groups excluding carboxylic acids is 5. The van der Waals surface area contributed by atoms with E-state index in [0.29, 0.717) is 153 Å². The van der Waals surface area contributed by atoms with Crippen molar-refractivity contribution in [3.63, 3.8) is 0 Å². The zero-order valence-electron chi connectivity index (χ0n) is 81.9. The fraction of sp³-hybridized carbons (Fsp3) is 0.550. The number of ether oxygens (including phenoxy) is 9. The molecule has 2 unspecified atom stereocenters. The minimum absolute atomic E-state index is 0. The number of aliphatic hydroxyl groups excluding tert-OH is 1. The molecule has 31 heteroatoms. The minimum Gasteiger partial charge on any atom is -1.00 e. The van der Waals surface area contributed by atoms with Gasteiger partial charge in [-0.1, -0.05) is 189 Å². The first-order chi connectivity index (χ1) is 61.5. The molecule has 4 aliphatic carbocycles. The van der Waals surface area contributed by atoms with E-state index < -0.39 is 37.1 Å². The smallest absolute Gasteiger partial charge is 0.345 e. The number of aliphatic hydroxyl groups is 2. The van der Waals surface area contributed by atoms with Crippen LogP contribution in [0.4, 0.5) is 0 Å². The predicted molar refractivity (Wildman–Crippen MR) is 513 cm³/mol. The SMILES string of the molecule is CC(C)COc1c(C(=O)O)cnn1/C=C/C(C)(C)C.CC(C)[P+](c1ccccc1)(c1ccccc1)c1ccccc1.CCOC(=O)c1cnn(/C=C/C(C)(C)C)c1OCC(C)C.CCOC(=O)c1cnn(CC=C(C)C)c1OCC(C)C.CCOC(=O)c1cnn(CC=O)c1OCC(C)C.CCOC(=O)c1cnn(CCO)c1OCC(C)C.NC1C2CC3CC1CC(O)(C3)C2.[Br-]. The normalized spacial score (nSPS) is 15.9. The van der Waals surface area contributed by atoms with Gasteiger partial charge in [-0.05, 0) is 182 Å². The Morgan fingerprint density at radius 1 is 0.473 bits per heavy atom. The molecule has 0 amide bonds. The number of carboxylic acids is 1. The molecule has 4 saturated carbocycles. The molecule has 4 aliphatic rings. The molecule has 724 valence electrons. The van der Waals surface area contributed by atoms with Gasteiger partial charge in [0.1, 0.15) is 63.8 Å². The Balaban J connectivity index is 0.000000321. The summed E-state index contributed by atoms with van der Waals surface area (Å²) in [6, 6.07) is 33.5. The molecule has 4 fully saturated rings. The summed E-state index contributed by atoms with van der Waals surface area (Å²) in [6.07, 6.45) is 22.9. The lowest BCUT2D eigenvalue weighted by Gasteiger charge is -2.57. The molecule has 0 spiro atoms. The van der Waals surface area contributed by atoms with E-state index in [4.69, 9.17) is 58.6 Å². The maximum absolute atomic E-state index is 11.9. The number of hydrogen-bond donors (Lipinski definition) is 4. The summed E-state index contributed by atoms with van der Waals surface area (Å²) in [5.41, 5.74) is 8.94. The summed E-state index contributed by atoms with van der Waals surface area (Å²) in [5, 5.41) is 53.0. The lowest BCUT2D eigenvalue weighted by atomic mass is 9.52. The molecule has 5 heterocycles. The van der Waals surface area contributed by atoms with Gasteiger partial charge < -0.3 is 85.5 Å². The Bertz CT molecular complexity index is 4710. The van der Waals surface area contributed by atoms with Crippen molar-refractivity contribution in [1.29, 1.82) is 0 Å².